The number of methoxy groups -OCH3 is 1. The molecule has 0 radical (unpaired) electrons. The van der Waals surface area contributed by atoms with Crippen LogP contribution in [0.5, 0.6) is 5.75 Å². The molecule has 0 aliphatic rings. The van der Waals surface area contributed by atoms with Gasteiger partial charge in [0.2, 0.25) is 0 Å². The zero-order valence-corrected chi connectivity index (χ0v) is 17.4. The van der Waals surface area contributed by atoms with E-state index in [9.17, 15) is 4.79 Å². The number of ether oxygens (including phenoxy) is 1. The Kier molecular flexibility index (Phi) is 5.09. The number of hydrogen-bond acceptors (Lipinski definition) is 4. The summed E-state index contributed by atoms with van der Waals surface area (Å²) in [5.74, 6) is 0.809. The lowest BCUT2D eigenvalue weighted by atomic mass is 10.1. The summed E-state index contributed by atoms with van der Waals surface area (Å²) in [4.78, 5) is 15.1. The Hall–Kier alpha value is -4.45. The maximum atomic E-state index is 13.4. The fourth-order valence-corrected chi connectivity index (χ4v) is 3.63. The van der Waals surface area contributed by atoms with Gasteiger partial charge in [0.15, 0.2) is 0 Å². The quantitative estimate of drug-likeness (QED) is 0.362. The number of rotatable bonds is 4. The lowest BCUT2D eigenvalue weighted by Crippen LogP contribution is -2.31. The van der Waals surface area contributed by atoms with Crippen LogP contribution >= 0.6 is 0 Å². The molecular formula is C26H20N4O2. The second kappa shape index (κ2) is 8.35. The summed E-state index contributed by atoms with van der Waals surface area (Å²) in [5.41, 5.74) is 3.01. The van der Waals surface area contributed by atoms with Gasteiger partial charge in [-0.05, 0) is 53.2 Å². The standard InChI is InChI=1S/C26H20N4O2/c1-32-24-15-14-19-16-21(13-12-20(19)17-24)25-18-29(28-27-25)26(31)30(22-8-4-2-5-9-22)23-10-6-3-7-11-23/h2-18H,1H3. The third-order valence-electron chi connectivity index (χ3n) is 5.25. The number of carbonyl (C=O) groups excluding carboxylic acids is 1. The monoisotopic (exact) mass is 420 g/mol. The van der Waals surface area contributed by atoms with Gasteiger partial charge in [-0.2, -0.15) is 4.68 Å². The Morgan fingerprint density at radius 2 is 1.44 bits per heavy atom. The van der Waals surface area contributed by atoms with Gasteiger partial charge in [0.25, 0.3) is 0 Å². The van der Waals surface area contributed by atoms with E-state index >= 15 is 0 Å². The first-order valence-corrected chi connectivity index (χ1v) is 10.2. The molecule has 0 N–H and O–H groups in total. The third kappa shape index (κ3) is 3.70. The van der Waals surface area contributed by atoms with E-state index in [1.54, 1.807) is 18.2 Å². The summed E-state index contributed by atoms with van der Waals surface area (Å²) in [6.45, 7) is 0. The molecule has 0 atom stereocenters. The average molecular weight is 420 g/mol. The fraction of sp³-hybridized carbons (Fsp3) is 0.0385. The van der Waals surface area contributed by atoms with Crippen molar-refractivity contribution < 1.29 is 9.53 Å². The van der Waals surface area contributed by atoms with Crippen molar-refractivity contribution >= 4 is 28.2 Å². The predicted molar refractivity (Wildman–Crippen MR) is 125 cm³/mol. The number of carbonyl (C=O) groups is 1. The Bertz CT molecular complexity index is 1340. The van der Waals surface area contributed by atoms with Crippen LogP contribution in [-0.2, 0) is 0 Å². The van der Waals surface area contributed by atoms with Gasteiger partial charge in [-0.1, -0.05) is 59.8 Å². The molecule has 4 aromatic carbocycles. The summed E-state index contributed by atoms with van der Waals surface area (Å²) < 4.78 is 6.57. The van der Waals surface area contributed by atoms with Crippen LogP contribution in [0.3, 0.4) is 0 Å². The molecule has 1 aromatic heterocycles. The van der Waals surface area contributed by atoms with E-state index in [1.165, 1.54) is 4.68 Å². The van der Waals surface area contributed by atoms with Gasteiger partial charge in [-0.25, -0.2) is 4.79 Å². The van der Waals surface area contributed by atoms with Crippen molar-refractivity contribution in [1.29, 1.82) is 0 Å². The largest absolute Gasteiger partial charge is 0.497 e. The van der Waals surface area contributed by atoms with E-state index in [0.717, 1.165) is 33.5 Å². The molecule has 0 bridgehead atoms. The van der Waals surface area contributed by atoms with Gasteiger partial charge >= 0.3 is 6.03 Å². The SMILES string of the molecule is COc1ccc2cc(-c3cn(C(=O)N(c4ccccc4)c4ccccc4)nn3)ccc2c1. The fourth-order valence-electron chi connectivity index (χ4n) is 3.63. The number of anilines is 2. The third-order valence-corrected chi connectivity index (χ3v) is 5.25. The van der Waals surface area contributed by atoms with Crippen molar-refractivity contribution in [2.24, 2.45) is 0 Å². The van der Waals surface area contributed by atoms with Gasteiger partial charge in [0, 0.05) is 5.56 Å². The highest BCUT2D eigenvalue weighted by Crippen LogP contribution is 2.28. The molecule has 0 unspecified atom stereocenters. The summed E-state index contributed by atoms with van der Waals surface area (Å²) in [7, 11) is 1.65. The molecule has 6 heteroatoms. The first kappa shape index (κ1) is 19.5. The first-order valence-electron chi connectivity index (χ1n) is 10.2. The Morgan fingerprint density at radius 1 is 0.812 bits per heavy atom. The number of amides is 1. The van der Waals surface area contributed by atoms with Gasteiger partial charge in [-0.3, -0.25) is 4.90 Å². The second-order valence-corrected chi connectivity index (χ2v) is 7.27. The highest BCUT2D eigenvalue weighted by Gasteiger charge is 2.21. The molecule has 156 valence electrons. The summed E-state index contributed by atoms with van der Waals surface area (Å²) >= 11 is 0. The minimum absolute atomic E-state index is 0.313. The second-order valence-electron chi connectivity index (χ2n) is 7.27. The first-order chi connectivity index (χ1) is 15.7. The van der Waals surface area contributed by atoms with Crippen molar-refractivity contribution in [3.05, 3.63) is 103 Å². The molecule has 1 heterocycles. The Balaban J connectivity index is 1.50. The molecule has 0 saturated heterocycles. The minimum atomic E-state index is -0.313. The smallest absolute Gasteiger partial charge is 0.355 e. The van der Waals surface area contributed by atoms with E-state index in [0.29, 0.717) is 5.69 Å². The van der Waals surface area contributed by atoms with Crippen LogP contribution in [0.1, 0.15) is 0 Å². The van der Waals surface area contributed by atoms with Gasteiger partial charge in [0.1, 0.15) is 11.4 Å². The number of benzene rings is 4. The normalized spacial score (nSPS) is 10.8. The van der Waals surface area contributed by atoms with E-state index < -0.39 is 0 Å². The van der Waals surface area contributed by atoms with Crippen molar-refractivity contribution in [3.8, 4) is 17.0 Å². The lowest BCUT2D eigenvalue weighted by Gasteiger charge is -2.22. The highest BCUT2D eigenvalue weighted by molar-refractivity contribution is 6.00. The van der Waals surface area contributed by atoms with Crippen molar-refractivity contribution in [2.45, 2.75) is 0 Å². The zero-order valence-electron chi connectivity index (χ0n) is 17.4. The average Bonchev–Trinajstić information content (AvgIpc) is 3.35. The van der Waals surface area contributed by atoms with Crippen molar-refractivity contribution in [3.63, 3.8) is 0 Å². The van der Waals surface area contributed by atoms with Crippen molar-refractivity contribution in [1.82, 2.24) is 15.0 Å². The summed E-state index contributed by atoms with van der Waals surface area (Å²) in [6, 6.07) is 30.6. The molecule has 6 nitrogen and oxygen atoms in total. The molecule has 0 aliphatic carbocycles. The maximum Gasteiger partial charge on any atom is 0.355 e. The number of aromatic nitrogens is 3. The summed E-state index contributed by atoms with van der Waals surface area (Å²) in [5, 5.41) is 10.5. The van der Waals surface area contributed by atoms with Crippen LogP contribution < -0.4 is 9.64 Å². The molecule has 32 heavy (non-hydrogen) atoms. The molecule has 0 spiro atoms. The number of fused-ring (bicyclic) bond motifs is 1. The van der Waals surface area contributed by atoms with E-state index in [4.69, 9.17) is 4.74 Å². The Morgan fingerprint density at radius 3 is 2.09 bits per heavy atom. The van der Waals surface area contributed by atoms with Crippen molar-refractivity contribution in [2.75, 3.05) is 12.0 Å². The molecule has 5 rings (SSSR count). The van der Waals surface area contributed by atoms with Crippen LogP contribution in [0.4, 0.5) is 16.2 Å². The van der Waals surface area contributed by atoms with Crippen LogP contribution in [0.15, 0.2) is 103 Å². The molecule has 0 saturated carbocycles. The van der Waals surface area contributed by atoms with E-state index in [-0.39, 0.29) is 6.03 Å². The minimum Gasteiger partial charge on any atom is -0.497 e. The predicted octanol–water partition coefficient (Wildman–Crippen LogP) is 5.91. The molecule has 0 fully saturated rings. The molecular weight excluding hydrogens is 400 g/mol. The van der Waals surface area contributed by atoms with E-state index in [2.05, 4.69) is 10.3 Å². The van der Waals surface area contributed by atoms with Gasteiger partial charge < -0.3 is 4.74 Å². The zero-order chi connectivity index (χ0) is 21.9. The van der Waals surface area contributed by atoms with Crippen LogP contribution in [0.2, 0.25) is 0 Å². The Labute approximate surface area is 185 Å². The van der Waals surface area contributed by atoms with E-state index in [1.807, 2.05) is 97.1 Å². The van der Waals surface area contributed by atoms with Gasteiger partial charge in [-0.15, -0.1) is 5.10 Å². The number of para-hydroxylation sites is 2. The summed E-state index contributed by atoms with van der Waals surface area (Å²) in [6.07, 6.45) is 1.66. The van der Waals surface area contributed by atoms with Crippen LogP contribution in [-0.4, -0.2) is 28.1 Å². The highest BCUT2D eigenvalue weighted by atomic mass is 16.5. The maximum absolute atomic E-state index is 13.4. The molecule has 5 aromatic rings. The van der Waals surface area contributed by atoms with Crippen LogP contribution in [0, 0.1) is 0 Å². The molecule has 0 aliphatic heterocycles. The number of nitrogens with zero attached hydrogens (tertiary/aromatic N) is 4. The topological polar surface area (TPSA) is 60.2 Å². The van der Waals surface area contributed by atoms with Crippen LogP contribution in [0.25, 0.3) is 22.0 Å². The molecule has 1 amide bonds. The number of hydrogen-bond donors (Lipinski definition) is 0. The lowest BCUT2D eigenvalue weighted by molar-refractivity contribution is 0.247. The van der Waals surface area contributed by atoms with Gasteiger partial charge in [0.05, 0.1) is 24.7 Å².